The van der Waals surface area contributed by atoms with Crippen LogP contribution < -0.4 is 0 Å². The molecule has 0 aliphatic heterocycles. The molecular weight excluding hydrogens is 246 g/mol. The minimum absolute atomic E-state index is 0.142. The van der Waals surface area contributed by atoms with Crippen LogP contribution in [0.1, 0.15) is 5.82 Å². The van der Waals surface area contributed by atoms with Crippen molar-refractivity contribution in [2.45, 2.75) is 6.54 Å². The molecule has 1 heterocycles. The van der Waals surface area contributed by atoms with Crippen molar-refractivity contribution in [3.8, 4) is 0 Å². The molecule has 0 saturated heterocycles. The Morgan fingerprint density at radius 1 is 1.64 bits per heavy atom. The normalized spacial score (nSPS) is 9.57. The summed E-state index contributed by atoms with van der Waals surface area (Å²) in [4.78, 5) is 20.7. The van der Waals surface area contributed by atoms with Crippen molar-refractivity contribution in [2.75, 3.05) is 7.05 Å². The van der Waals surface area contributed by atoms with Crippen LogP contribution in [-0.4, -0.2) is 27.8 Å². The van der Waals surface area contributed by atoms with Gasteiger partial charge in [0.05, 0.1) is 11.0 Å². The van der Waals surface area contributed by atoms with Crippen molar-refractivity contribution in [3.05, 3.63) is 35.3 Å². The number of hydrogen-bond acceptors (Lipinski definition) is 3. The third-order valence-corrected chi connectivity index (χ3v) is 2.01. The zero-order chi connectivity index (χ0) is 10.6. The van der Waals surface area contributed by atoms with Gasteiger partial charge in [-0.25, -0.2) is 9.97 Å². The lowest BCUT2D eigenvalue weighted by atomic mass is 10.4. The van der Waals surface area contributed by atoms with Crippen molar-refractivity contribution < 1.29 is 4.79 Å². The van der Waals surface area contributed by atoms with Crippen LogP contribution in [0.2, 0.25) is 0 Å². The molecule has 0 aliphatic rings. The second-order valence-electron chi connectivity index (χ2n) is 2.72. The van der Waals surface area contributed by atoms with E-state index in [0.29, 0.717) is 12.4 Å². The fourth-order valence-corrected chi connectivity index (χ4v) is 1.07. The summed E-state index contributed by atoms with van der Waals surface area (Å²) in [7, 11) is 1.68. The second kappa shape index (κ2) is 4.85. The highest BCUT2D eigenvalue weighted by Crippen LogP contribution is 2.05. The van der Waals surface area contributed by atoms with Gasteiger partial charge in [-0.3, -0.25) is 4.79 Å². The molecule has 0 fully saturated rings. The molecule has 0 bridgehead atoms. The number of carbonyl (C=O) groups excluding carboxylic acids is 1. The summed E-state index contributed by atoms with van der Waals surface area (Å²) in [6, 6.07) is 0. The molecule has 5 heteroatoms. The molecule has 1 rings (SSSR count). The Bertz CT molecular complexity index is 336. The summed E-state index contributed by atoms with van der Waals surface area (Å²) in [5, 5.41) is 0. The van der Waals surface area contributed by atoms with Gasteiger partial charge in [-0.15, -0.1) is 0 Å². The van der Waals surface area contributed by atoms with E-state index in [1.165, 1.54) is 11.0 Å². The molecule has 0 saturated carbocycles. The lowest BCUT2D eigenvalue weighted by Gasteiger charge is -2.13. The van der Waals surface area contributed by atoms with Gasteiger partial charge >= 0.3 is 0 Å². The van der Waals surface area contributed by atoms with Crippen LogP contribution >= 0.6 is 15.9 Å². The fraction of sp³-hybridized carbons (Fsp3) is 0.222. The quantitative estimate of drug-likeness (QED) is 0.767. The summed E-state index contributed by atoms with van der Waals surface area (Å²) in [6.45, 7) is 3.78. The lowest BCUT2D eigenvalue weighted by Crippen LogP contribution is -2.24. The van der Waals surface area contributed by atoms with E-state index in [2.05, 4.69) is 32.5 Å². The molecule has 0 atom stereocenters. The third kappa shape index (κ3) is 2.92. The van der Waals surface area contributed by atoms with Gasteiger partial charge in [-0.05, 0) is 22.0 Å². The molecular formula is C9H10BrN3O. The van der Waals surface area contributed by atoms with Crippen molar-refractivity contribution in [3.63, 3.8) is 0 Å². The maximum absolute atomic E-state index is 11.1. The van der Waals surface area contributed by atoms with Gasteiger partial charge in [0.2, 0.25) is 5.91 Å². The first-order valence-corrected chi connectivity index (χ1v) is 4.76. The zero-order valence-electron chi connectivity index (χ0n) is 7.77. The molecule has 0 unspecified atom stereocenters. The summed E-state index contributed by atoms with van der Waals surface area (Å²) in [5.41, 5.74) is 0. The van der Waals surface area contributed by atoms with Crippen molar-refractivity contribution in [1.29, 1.82) is 0 Å². The van der Waals surface area contributed by atoms with Crippen LogP contribution in [0.25, 0.3) is 0 Å². The van der Waals surface area contributed by atoms with E-state index >= 15 is 0 Å². The number of hydrogen-bond donors (Lipinski definition) is 0. The number of nitrogens with zero attached hydrogens (tertiary/aromatic N) is 3. The standard InChI is InChI=1S/C9H10BrN3O/c1-3-9(14)13(2)6-8-11-4-7(10)5-12-8/h3-5H,1,6H2,2H3. The van der Waals surface area contributed by atoms with E-state index < -0.39 is 0 Å². The van der Waals surface area contributed by atoms with Gasteiger partial charge in [0.25, 0.3) is 0 Å². The highest BCUT2D eigenvalue weighted by molar-refractivity contribution is 9.10. The van der Waals surface area contributed by atoms with Gasteiger partial charge in [0.15, 0.2) is 0 Å². The second-order valence-corrected chi connectivity index (χ2v) is 3.63. The fourth-order valence-electron chi connectivity index (χ4n) is 0.867. The largest absolute Gasteiger partial charge is 0.335 e. The summed E-state index contributed by atoms with van der Waals surface area (Å²) < 4.78 is 0.818. The third-order valence-electron chi connectivity index (χ3n) is 1.60. The highest BCUT2D eigenvalue weighted by atomic mass is 79.9. The van der Waals surface area contributed by atoms with Crippen LogP contribution in [-0.2, 0) is 11.3 Å². The minimum Gasteiger partial charge on any atom is -0.335 e. The number of carbonyl (C=O) groups is 1. The van der Waals surface area contributed by atoms with Gasteiger partial charge in [0.1, 0.15) is 5.82 Å². The summed E-state index contributed by atoms with van der Waals surface area (Å²) in [5.74, 6) is 0.461. The van der Waals surface area contributed by atoms with Gasteiger partial charge in [-0.2, -0.15) is 0 Å². The molecule has 14 heavy (non-hydrogen) atoms. The van der Waals surface area contributed by atoms with E-state index in [-0.39, 0.29) is 5.91 Å². The molecule has 0 aromatic carbocycles. The summed E-state index contributed by atoms with van der Waals surface area (Å²) in [6.07, 6.45) is 4.56. The molecule has 0 N–H and O–H groups in total. The molecule has 74 valence electrons. The Morgan fingerprint density at radius 3 is 2.71 bits per heavy atom. The molecule has 0 radical (unpaired) electrons. The topological polar surface area (TPSA) is 46.1 Å². The van der Waals surface area contributed by atoms with Gasteiger partial charge < -0.3 is 4.90 Å². The lowest BCUT2D eigenvalue weighted by molar-refractivity contribution is -0.125. The maximum Gasteiger partial charge on any atom is 0.246 e. The van der Waals surface area contributed by atoms with Crippen LogP contribution in [0.5, 0.6) is 0 Å². The first-order valence-electron chi connectivity index (χ1n) is 3.97. The van der Waals surface area contributed by atoms with Crippen LogP contribution in [0.3, 0.4) is 0 Å². The van der Waals surface area contributed by atoms with E-state index in [9.17, 15) is 4.79 Å². The molecule has 1 aromatic heterocycles. The Morgan fingerprint density at radius 2 is 2.21 bits per heavy atom. The van der Waals surface area contributed by atoms with E-state index in [1.54, 1.807) is 19.4 Å². The minimum atomic E-state index is -0.142. The number of likely N-dealkylation sites (N-methyl/N-ethyl adjacent to an activating group) is 1. The molecule has 0 aliphatic carbocycles. The van der Waals surface area contributed by atoms with Gasteiger partial charge in [0, 0.05) is 19.4 Å². The van der Waals surface area contributed by atoms with Crippen molar-refractivity contribution >= 4 is 21.8 Å². The number of rotatable bonds is 3. The smallest absolute Gasteiger partial charge is 0.246 e. The van der Waals surface area contributed by atoms with E-state index in [1.807, 2.05) is 0 Å². The van der Waals surface area contributed by atoms with Crippen LogP contribution in [0, 0.1) is 0 Å². The SMILES string of the molecule is C=CC(=O)N(C)Cc1ncc(Br)cn1. The number of aromatic nitrogens is 2. The first kappa shape index (κ1) is 10.8. The van der Waals surface area contributed by atoms with Crippen LogP contribution in [0.15, 0.2) is 29.5 Å². The van der Waals surface area contributed by atoms with Crippen molar-refractivity contribution in [1.82, 2.24) is 14.9 Å². The van der Waals surface area contributed by atoms with E-state index in [4.69, 9.17) is 0 Å². The molecule has 1 amide bonds. The number of halogens is 1. The average molecular weight is 256 g/mol. The maximum atomic E-state index is 11.1. The zero-order valence-corrected chi connectivity index (χ0v) is 9.36. The Balaban J connectivity index is 2.64. The number of amides is 1. The molecule has 4 nitrogen and oxygen atoms in total. The monoisotopic (exact) mass is 255 g/mol. The first-order chi connectivity index (χ1) is 6.63. The Labute approximate surface area is 90.8 Å². The van der Waals surface area contributed by atoms with E-state index in [0.717, 1.165) is 4.47 Å². The predicted octanol–water partition coefficient (Wildman–Crippen LogP) is 1.38. The molecule has 0 spiro atoms. The van der Waals surface area contributed by atoms with Crippen molar-refractivity contribution in [2.24, 2.45) is 0 Å². The predicted molar refractivity (Wildman–Crippen MR) is 56.4 cm³/mol. The van der Waals surface area contributed by atoms with Gasteiger partial charge in [-0.1, -0.05) is 6.58 Å². The Kier molecular flexibility index (Phi) is 3.76. The Hall–Kier alpha value is -1.23. The summed E-state index contributed by atoms with van der Waals surface area (Å²) >= 11 is 3.23. The highest BCUT2D eigenvalue weighted by Gasteiger charge is 2.06. The average Bonchev–Trinajstić information content (AvgIpc) is 2.20. The van der Waals surface area contributed by atoms with Crippen LogP contribution in [0.4, 0.5) is 0 Å². The molecule has 1 aromatic rings.